The summed E-state index contributed by atoms with van der Waals surface area (Å²) in [5.41, 5.74) is 6.28. The molecule has 3 fully saturated rings. The molecular weight excluding hydrogens is 226 g/mol. The summed E-state index contributed by atoms with van der Waals surface area (Å²) >= 11 is 0. The molecule has 0 aromatic carbocycles. The van der Waals surface area contributed by atoms with E-state index < -0.39 is 0 Å². The van der Waals surface area contributed by atoms with Gasteiger partial charge >= 0.3 is 0 Å². The van der Waals surface area contributed by atoms with Gasteiger partial charge in [0.05, 0.1) is 11.9 Å². The van der Waals surface area contributed by atoms with Gasteiger partial charge in [-0.05, 0) is 55.1 Å². The van der Waals surface area contributed by atoms with Crippen LogP contribution in [0.25, 0.3) is 0 Å². The van der Waals surface area contributed by atoms with Crippen LogP contribution in [0, 0.1) is 29.6 Å². The molecule has 18 heavy (non-hydrogen) atoms. The van der Waals surface area contributed by atoms with Gasteiger partial charge in [0.15, 0.2) is 0 Å². The van der Waals surface area contributed by atoms with E-state index in [1.165, 1.54) is 19.3 Å². The number of nitrogens with two attached hydrogens (primary N) is 1. The van der Waals surface area contributed by atoms with Gasteiger partial charge in [-0.3, -0.25) is 4.79 Å². The zero-order valence-corrected chi connectivity index (χ0v) is 10.2. The van der Waals surface area contributed by atoms with Crippen molar-refractivity contribution in [1.82, 2.24) is 4.98 Å². The number of carbonyl (C=O) groups is 1. The van der Waals surface area contributed by atoms with Gasteiger partial charge in [-0.2, -0.15) is 0 Å². The van der Waals surface area contributed by atoms with Crippen LogP contribution in [0.4, 0.5) is 11.5 Å². The normalized spacial score (nSPS) is 39.4. The molecule has 4 nitrogen and oxygen atoms in total. The van der Waals surface area contributed by atoms with Crippen LogP contribution < -0.4 is 11.1 Å². The minimum absolute atomic E-state index is 0.188. The number of fused-ring (bicyclic) bond motifs is 5. The van der Waals surface area contributed by atoms with Crippen LogP contribution in [-0.2, 0) is 4.79 Å². The first-order valence-electron chi connectivity index (χ1n) is 6.76. The van der Waals surface area contributed by atoms with Crippen molar-refractivity contribution in [3.63, 3.8) is 0 Å². The number of pyridine rings is 1. The lowest BCUT2D eigenvalue weighted by Crippen LogP contribution is -2.18. The van der Waals surface area contributed by atoms with Gasteiger partial charge in [0.25, 0.3) is 0 Å². The first-order valence-corrected chi connectivity index (χ1v) is 6.76. The number of carbonyl (C=O) groups excluding carboxylic acids is 1. The quantitative estimate of drug-likeness (QED) is 0.833. The minimum Gasteiger partial charge on any atom is -0.384 e. The van der Waals surface area contributed by atoms with E-state index in [1.807, 2.05) is 6.07 Å². The zero-order chi connectivity index (χ0) is 12.3. The molecule has 1 amide bonds. The van der Waals surface area contributed by atoms with Crippen LogP contribution >= 0.6 is 0 Å². The summed E-state index contributed by atoms with van der Waals surface area (Å²) in [5.74, 6) is 3.98. The van der Waals surface area contributed by atoms with Crippen molar-refractivity contribution >= 4 is 17.4 Å². The van der Waals surface area contributed by atoms with Gasteiger partial charge in [0.1, 0.15) is 5.82 Å². The van der Waals surface area contributed by atoms with Gasteiger partial charge in [0.2, 0.25) is 5.91 Å². The van der Waals surface area contributed by atoms with Crippen molar-refractivity contribution in [2.24, 2.45) is 29.6 Å². The summed E-state index contributed by atoms with van der Waals surface area (Å²) in [4.78, 5) is 16.2. The van der Waals surface area contributed by atoms with Crippen molar-refractivity contribution < 1.29 is 4.79 Å². The van der Waals surface area contributed by atoms with Gasteiger partial charge in [-0.15, -0.1) is 0 Å². The second kappa shape index (κ2) is 3.46. The van der Waals surface area contributed by atoms with Crippen LogP contribution in [0.2, 0.25) is 0 Å². The molecule has 0 radical (unpaired) electrons. The Bertz CT molecular complexity index is 482. The van der Waals surface area contributed by atoms with Gasteiger partial charge in [0, 0.05) is 5.92 Å². The smallest absolute Gasteiger partial charge is 0.228 e. The first kappa shape index (κ1) is 10.4. The molecule has 3 aliphatic rings. The molecule has 3 aliphatic carbocycles. The Morgan fingerprint density at radius 2 is 2.00 bits per heavy atom. The fourth-order valence-corrected chi connectivity index (χ4v) is 4.38. The molecular formula is C14H17N3O. The Labute approximate surface area is 106 Å². The van der Waals surface area contributed by atoms with Crippen molar-refractivity contribution in [1.29, 1.82) is 0 Å². The molecule has 94 valence electrons. The molecule has 1 aromatic rings. The average molecular weight is 243 g/mol. The fraction of sp³-hybridized carbons (Fsp3) is 0.571. The van der Waals surface area contributed by atoms with E-state index in [9.17, 15) is 4.79 Å². The summed E-state index contributed by atoms with van der Waals surface area (Å²) in [6.07, 6.45) is 5.70. The summed E-state index contributed by atoms with van der Waals surface area (Å²) in [7, 11) is 0. The Morgan fingerprint density at radius 1 is 1.28 bits per heavy atom. The van der Waals surface area contributed by atoms with Gasteiger partial charge in [-0.25, -0.2) is 4.98 Å². The molecule has 3 N–H and O–H groups in total. The number of aromatic nitrogens is 1. The summed E-state index contributed by atoms with van der Waals surface area (Å²) in [5, 5.41) is 2.97. The highest BCUT2D eigenvalue weighted by Gasteiger charge is 2.67. The molecule has 0 saturated heterocycles. The van der Waals surface area contributed by atoms with E-state index in [0.717, 1.165) is 17.5 Å². The van der Waals surface area contributed by atoms with Gasteiger partial charge < -0.3 is 11.1 Å². The predicted octanol–water partition coefficient (Wildman–Crippen LogP) is 1.89. The van der Waals surface area contributed by atoms with Crippen molar-refractivity contribution in [2.75, 3.05) is 11.1 Å². The molecule has 1 aromatic heterocycles. The van der Waals surface area contributed by atoms with E-state index in [0.29, 0.717) is 17.7 Å². The second-order valence-electron chi connectivity index (χ2n) is 5.97. The minimum atomic E-state index is 0.188. The summed E-state index contributed by atoms with van der Waals surface area (Å²) < 4.78 is 0. The van der Waals surface area contributed by atoms with Crippen LogP contribution in [0.1, 0.15) is 19.3 Å². The average Bonchev–Trinajstić information content (AvgIpc) is 2.82. The molecule has 0 spiro atoms. The highest BCUT2D eigenvalue weighted by Crippen LogP contribution is 2.69. The molecule has 4 rings (SSSR count). The highest BCUT2D eigenvalue weighted by molar-refractivity contribution is 5.95. The lowest BCUT2D eigenvalue weighted by Gasteiger charge is -2.09. The lowest BCUT2D eigenvalue weighted by atomic mass is 10.0. The molecule has 4 heteroatoms. The monoisotopic (exact) mass is 243 g/mol. The number of anilines is 2. The predicted molar refractivity (Wildman–Crippen MR) is 68.6 cm³/mol. The molecule has 2 bridgehead atoms. The van der Waals surface area contributed by atoms with E-state index in [4.69, 9.17) is 5.73 Å². The third-order valence-electron chi connectivity index (χ3n) is 5.09. The largest absolute Gasteiger partial charge is 0.384 e. The third kappa shape index (κ3) is 1.38. The molecule has 4 atom stereocenters. The van der Waals surface area contributed by atoms with Crippen LogP contribution in [0.15, 0.2) is 18.3 Å². The highest BCUT2D eigenvalue weighted by atomic mass is 16.2. The second-order valence-corrected chi connectivity index (χ2v) is 5.97. The number of nitrogen functional groups attached to an aromatic ring is 1. The SMILES string of the molecule is Nc1ccc(NC(=O)C2C3C4CCC(C4)C23)cn1. The Hall–Kier alpha value is -1.58. The number of amides is 1. The van der Waals surface area contributed by atoms with Gasteiger partial charge in [-0.1, -0.05) is 0 Å². The maximum absolute atomic E-state index is 12.2. The number of nitrogens with one attached hydrogen (secondary N) is 1. The van der Waals surface area contributed by atoms with Crippen LogP contribution in [-0.4, -0.2) is 10.9 Å². The van der Waals surface area contributed by atoms with E-state index in [-0.39, 0.29) is 11.8 Å². The fourth-order valence-electron chi connectivity index (χ4n) is 4.38. The Kier molecular flexibility index (Phi) is 1.99. The Balaban J connectivity index is 1.45. The summed E-state index contributed by atoms with van der Waals surface area (Å²) in [6, 6.07) is 3.53. The lowest BCUT2D eigenvalue weighted by molar-refractivity contribution is -0.118. The van der Waals surface area contributed by atoms with Crippen molar-refractivity contribution in [2.45, 2.75) is 19.3 Å². The van der Waals surface area contributed by atoms with Crippen LogP contribution in [0.5, 0.6) is 0 Å². The van der Waals surface area contributed by atoms with E-state index in [2.05, 4.69) is 10.3 Å². The van der Waals surface area contributed by atoms with Crippen molar-refractivity contribution in [3.05, 3.63) is 18.3 Å². The number of nitrogens with zero attached hydrogens (tertiary/aromatic N) is 1. The summed E-state index contributed by atoms with van der Waals surface area (Å²) in [6.45, 7) is 0. The topological polar surface area (TPSA) is 68.0 Å². The van der Waals surface area contributed by atoms with Crippen molar-refractivity contribution in [3.8, 4) is 0 Å². The molecule has 0 aliphatic heterocycles. The maximum Gasteiger partial charge on any atom is 0.228 e. The third-order valence-corrected chi connectivity index (χ3v) is 5.09. The molecule has 4 unspecified atom stereocenters. The Morgan fingerprint density at radius 3 is 2.61 bits per heavy atom. The first-order chi connectivity index (χ1) is 8.74. The molecule has 3 saturated carbocycles. The number of hydrogen-bond acceptors (Lipinski definition) is 3. The number of rotatable bonds is 2. The van der Waals surface area contributed by atoms with Crippen LogP contribution in [0.3, 0.4) is 0 Å². The maximum atomic E-state index is 12.2. The number of hydrogen-bond donors (Lipinski definition) is 2. The molecule has 1 heterocycles. The zero-order valence-electron chi connectivity index (χ0n) is 10.2. The van der Waals surface area contributed by atoms with E-state index in [1.54, 1.807) is 12.3 Å². The van der Waals surface area contributed by atoms with E-state index >= 15 is 0 Å². The standard InChI is InChI=1S/C14H17N3O/c15-10-4-3-9(6-16-10)17-14(18)13-11-7-1-2-8(5-7)12(11)13/h3-4,6-8,11-13H,1-2,5H2,(H2,15,16)(H,17,18).